The number of ether oxygens (including phenoxy) is 1. The molecular formula is C19H22F6N4O3. The van der Waals surface area contributed by atoms with Crippen LogP contribution < -0.4 is 20.7 Å². The van der Waals surface area contributed by atoms with Crippen LogP contribution in [0.15, 0.2) is 35.7 Å². The molecule has 0 aliphatic carbocycles. The van der Waals surface area contributed by atoms with Crippen molar-refractivity contribution in [3.8, 4) is 5.75 Å². The Bertz CT molecular complexity index is 848. The van der Waals surface area contributed by atoms with Crippen LogP contribution in [0, 0.1) is 11.3 Å². The normalized spacial score (nSPS) is 13.7. The molecule has 178 valence electrons. The number of urea groups is 1. The van der Waals surface area contributed by atoms with Crippen molar-refractivity contribution in [3.05, 3.63) is 41.2 Å². The third kappa shape index (κ3) is 8.86. The number of hydrogen-bond acceptors (Lipinski definition) is 5. The number of allylic oxidation sites excluding steroid dienone is 1. The predicted molar refractivity (Wildman–Crippen MR) is 103 cm³/mol. The number of nitrogens with one attached hydrogen (secondary N) is 4. The minimum atomic E-state index is -4.89. The minimum Gasteiger partial charge on any atom is -0.406 e. The smallest absolute Gasteiger partial charge is 0.406 e. The van der Waals surface area contributed by atoms with Crippen LogP contribution in [0.3, 0.4) is 0 Å². The summed E-state index contributed by atoms with van der Waals surface area (Å²) in [7, 11) is 1.23. The first-order chi connectivity index (χ1) is 14.7. The fraction of sp³-hybridized carbons (Fsp3) is 0.421. The molecule has 0 spiro atoms. The van der Waals surface area contributed by atoms with E-state index >= 15 is 0 Å². The Morgan fingerprint density at radius 2 is 1.69 bits per heavy atom. The fourth-order valence-corrected chi connectivity index (χ4v) is 2.60. The topological polar surface area (TPSA) is 103 Å². The van der Waals surface area contributed by atoms with Gasteiger partial charge in [-0.1, -0.05) is 26.0 Å². The molecule has 0 aromatic heterocycles. The summed E-state index contributed by atoms with van der Waals surface area (Å²) >= 11 is 0. The molecule has 0 aliphatic rings. The van der Waals surface area contributed by atoms with Crippen molar-refractivity contribution >= 4 is 18.0 Å². The Kier molecular flexibility index (Phi) is 9.09. The van der Waals surface area contributed by atoms with E-state index in [2.05, 4.69) is 20.7 Å². The maximum absolute atomic E-state index is 12.7. The summed E-state index contributed by atoms with van der Waals surface area (Å²) in [4.78, 5) is 23.3. The first-order valence-electron chi connectivity index (χ1n) is 9.11. The van der Waals surface area contributed by atoms with Gasteiger partial charge in [-0.3, -0.25) is 10.1 Å². The Balaban J connectivity index is 3.35. The van der Waals surface area contributed by atoms with E-state index in [9.17, 15) is 35.9 Å². The first kappa shape index (κ1) is 26.8. The molecule has 0 heterocycles. The van der Waals surface area contributed by atoms with E-state index in [4.69, 9.17) is 5.41 Å². The SMILES string of the molecule is CNC(=O)N/C(NC(c1ccc(OC(F)(F)F)cc1)C(C)C)=C(\C=O)C(=N)CC(F)(F)F. The Hall–Kier alpha value is -3.25. The number of hydrogen-bond donors (Lipinski definition) is 4. The zero-order chi connectivity index (χ0) is 24.7. The van der Waals surface area contributed by atoms with Gasteiger partial charge < -0.3 is 20.8 Å². The summed E-state index contributed by atoms with van der Waals surface area (Å²) in [5.41, 5.74) is -1.42. The second-order valence-electron chi connectivity index (χ2n) is 6.86. The predicted octanol–water partition coefficient (Wildman–Crippen LogP) is 4.18. The van der Waals surface area contributed by atoms with Gasteiger partial charge in [-0.05, 0) is 23.6 Å². The zero-order valence-corrected chi connectivity index (χ0v) is 17.2. The van der Waals surface area contributed by atoms with E-state index in [0.717, 1.165) is 12.1 Å². The van der Waals surface area contributed by atoms with Gasteiger partial charge in [-0.25, -0.2) is 4.79 Å². The van der Waals surface area contributed by atoms with Crippen LogP contribution in [0.25, 0.3) is 0 Å². The Morgan fingerprint density at radius 1 is 1.12 bits per heavy atom. The van der Waals surface area contributed by atoms with Crippen LogP contribution in [0.5, 0.6) is 5.75 Å². The molecule has 1 aromatic rings. The summed E-state index contributed by atoms with van der Waals surface area (Å²) in [6, 6.07) is 3.03. The highest BCUT2D eigenvalue weighted by atomic mass is 19.4. The van der Waals surface area contributed by atoms with Crippen LogP contribution in [-0.4, -0.2) is 37.6 Å². The van der Waals surface area contributed by atoms with Crippen LogP contribution >= 0.6 is 0 Å². The average molecular weight is 468 g/mol. The molecule has 0 radical (unpaired) electrons. The van der Waals surface area contributed by atoms with Gasteiger partial charge in [0, 0.05) is 7.05 Å². The number of alkyl halides is 6. The maximum atomic E-state index is 12.7. The average Bonchev–Trinajstić information content (AvgIpc) is 2.64. The van der Waals surface area contributed by atoms with E-state index in [1.54, 1.807) is 13.8 Å². The van der Waals surface area contributed by atoms with Crippen molar-refractivity contribution in [1.29, 1.82) is 5.41 Å². The highest BCUT2D eigenvalue weighted by Crippen LogP contribution is 2.28. The molecule has 1 rings (SSSR count). The number of carbonyl (C=O) groups is 2. The van der Waals surface area contributed by atoms with Gasteiger partial charge in [-0.2, -0.15) is 13.2 Å². The van der Waals surface area contributed by atoms with Crippen LogP contribution in [0.1, 0.15) is 31.9 Å². The van der Waals surface area contributed by atoms with Gasteiger partial charge in [0.2, 0.25) is 0 Å². The molecule has 1 aromatic carbocycles. The number of halogens is 6. The second kappa shape index (κ2) is 10.9. The van der Waals surface area contributed by atoms with Gasteiger partial charge >= 0.3 is 18.6 Å². The molecule has 4 N–H and O–H groups in total. The molecule has 32 heavy (non-hydrogen) atoms. The van der Waals surface area contributed by atoms with Crippen molar-refractivity contribution in [2.45, 2.75) is 38.8 Å². The molecule has 1 unspecified atom stereocenters. The van der Waals surface area contributed by atoms with Crippen molar-refractivity contribution in [2.24, 2.45) is 5.92 Å². The van der Waals surface area contributed by atoms with E-state index in [0.29, 0.717) is 5.56 Å². The third-order valence-corrected chi connectivity index (χ3v) is 3.99. The summed E-state index contributed by atoms with van der Waals surface area (Å²) in [5.74, 6) is -1.25. The summed E-state index contributed by atoms with van der Waals surface area (Å²) in [6.45, 7) is 3.38. The van der Waals surface area contributed by atoms with Crippen LogP contribution in [-0.2, 0) is 4.79 Å². The fourth-order valence-electron chi connectivity index (χ4n) is 2.60. The van der Waals surface area contributed by atoms with Gasteiger partial charge in [0.15, 0.2) is 6.29 Å². The number of benzene rings is 1. The highest BCUT2D eigenvalue weighted by molar-refractivity contribution is 6.14. The number of rotatable bonds is 9. The van der Waals surface area contributed by atoms with E-state index < -0.39 is 53.9 Å². The van der Waals surface area contributed by atoms with Crippen molar-refractivity contribution in [2.75, 3.05) is 7.05 Å². The molecule has 1 atom stereocenters. The van der Waals surface area contributed by atoms with E-state index in [-0.39, 0.29) is 12.2 Å². The van der Waals surface area contributed by atoms with Crippen molar-refractivity contribution in [1.82, 2.24) is 16.0 Å². The summed E-state index contributed by atoms with van der Waals surface area (Å²) in [6.07, 6.45) is -11.4. The molecule has 0 aliphatic heterocycles. The largest absolute Gasteiger partial charge is 0.573 e. The van der Waals surface area contributed by atoms with Crippen LogP contribution in [0.4, 0.5) is 31.1 Å². The lowest BCUT2D eigenvalue weighted by Crippen LogP contribution is -2.41. The lowest BCUT2D eigenvalue weighted by molar-refractivity contribution is -0.274. The number of aldehydes is 1. The second-order valence-corrected chi connectivity index (χ2v) is 6.86. The maximum Gasteiger partial charge on any atom is 0.573 e. The number of carbonyl (C=O) groups excluding carboxylic acids is 2. The zero-order valence-electron chi connectivity index (χ0n) is 17.2. The van der Waals surface area contributed by atoms with Gasteiger partial charge in [0.05, 0.1) is 23.7 Å². The van der Waals surface area contributed by atoms with E-state index in [1.807, 2.05) is 0 Å². The van der Waals surface area contributed by atoms with Gasteiger partial charge in [0.1, 0.15) is 11.6 Å². The molecule has 0 saturated heterocycles. The summed E-state index contributed by atoms with van der Waals surface area (Å²) < 4.78 is 79.0. The highest BCUT2D eigenvalue weighted by Gasteiger charge is 2.33. The molecule has 7 nitrogen and oxygen atoms in total. The van der Waals surface area contributed by atoms with Crippen molar-refractivity contribution in [3.63, 3.8) is 0 Å². The quantitative estimate of drug-likeness (QED) is 0.189. The monoisotopic (exact) mass is 468 g/mol. The van der Waals surface area contributed by atoms with Gasteiger partial charge in [0.25, 0.3) is 0 Å². The van der Waals surface area contributed by atoms with Crippen molar-refractivity contribution < 1.29 is 40.7 Å². The molecule has 0 saturated carbocycles. The lowest BCUT2D eigenvalue weighted by atomic mass is 9.95. The first-order valence-corrected chi connectivity index (χ1v) is 9.11. The summed E-state index contributed by atoms with van der Waals surface area (Å²) in [5, 5.41) is 14.7. The molecule has 2 amide bonds. The molecule has 0 bridgehead atoms. The third-order valence-electron chi connectivity index (χ3n) is 3.99. The minimum absolute atomic E-state index is 0.00397. The van der Waals surface area contributed by atoms with Crippen LogP contribution in [0.2, 0.25) is 0 Å². The molecule has 0 fully saturated rings. The van der Waals surface area contributed by atoms with E-state index in [1.165, 1.54) is 19.2 Å². The standard InChI is InChI=1S/C19H22F6N4O3/c1-10(2)15(11-4-6-12(7-5-11)32-19(23,24)25)28-16(29-17(31)27-3)13(9-30)14(26)8-18(20,21)22/h4-7,9-10,15,26,28H,8H2,1-3H3,(H2,27,29,31)/b16-13+,26-14?. The Labute approximate surface area is 179 Å². The molecule has 13 heteroatoms. The van der Waals surface area contributed by atoms with Gasteiger partial charge in [-0.15, -0.1) is 13.2 Å². The number of amides is 2. The molecular weight excluding hydrogens is 446 g/mol. The lowest BCUT2D eigenvalue weighted by Gasteiger charge is -2.27. The Morgan fingerprint density at radius 3 is 2.09 bits per heavy atom.